The van der Waals surface area contributed by atoms with Gasteiger partial charge in [-0.15, -0.1) is 0 Å². The summed E-state index contributed by atoms with van der Waals surface area (Å²) in [6, 6.07) is 10.3. The second-order valence-corrected chi connectivity index (χ2v) is 6.61. The number of benzene rings is 1. The van der Waals surface area contributed by atoms with Gasteiger partial charge in [0.15, 0.2) is 0 Å². The Kier molecular flexibility index (Phi) is 4.79. The summed E-state index contributed by atoms with van der Waals surface area (Å²) in [6.45, 7) is 3.95. The first kappa shape index (κ1) is 15.5. The third kappa shape index (κ3) is 3.03. The van der Waals surface area contributed by atoms with Crippen molar-refractivity contribution in [3.8, 4) is 0 Å². The fourth-order valence-corrected chi connectivity index (χ4v) is 3.79. The molecule has 1 saturated heterocycles. The summed E-state index contributed by atoms with van der Waals surface area (Å²) in [5.74, 6) is 0.754. The maximum Gasteiger partial charge on any atom is 0.226 e. The Hall–Kier alpha value is -1.39. The van der Waals surface area contributed by atoms with E-state index in [9.17, 15) is 4.79 Å². The van der Waals surface area contributed by atoms with Gasteiger partial charge in [-0.3, -0.25) is 4.79 Å². The Bertz CT molecular complexity index is 505. The lowest BCUT2D eigenvalue weighted by atomic mass is 9.93. The highest BCUT2D eigenvalue weighted by atomic mass is 16.5. The molecular weight excluding hydrogens is 276 g/mol. The number of nitrogens with two attached hydrogens (primary N) is 1. The van der Waals surface area contributed by atoms with Crippen molar-refractivity contribution in [2.24, 2.45) is 17.6 Å². The van der Waals surface area contributed by atoms with Crippen LogP contribution >= 0.6 is 0 Å². The van der Waals surface area contributed by atoms with Gasteiger partial charge >= 0.3 is 0 Å². The second kappa shape index (κ2) is 6.80. The van der Waals surface area contributed by atoms with Crippen molar-refractivity contribution in [2.75, 3.05) is 19.7 Å². The first-order chi connectivity index (χ1) is 10.7. The van der Waals surface area contributed by atoms with E-state index in [1.165, 1.54) is 0 Å². The van der Waals surface area contributed by atoms with E-state index in [4.69, 9.17) is 10.5 Å². The average molecular weight is 302 g/mol. The van der Waals surface area contributed by atoms with Gasteiger partial charge in [-0.25, -0.2) is 0 Å². The largest absolute Gasteiger partial charge is 0.370 e. The molecule has 4 nitrogen and oxygen atoms in total. The first-order valence-corrected chi connectivity index (χ1v) is 8.37. The molecule has 1 aromatic rings. The zero-order valence-corrected chi connectivity index (χ0v) is 13.3. The molecule has 1 heterocycles. The van der Waals surface area contributed by atoms with E-state index in [0.717, 1.165) is 24.8 Å². The smallest absolute Gasteiger partial charge is 0.226 e. The van der Waals surface area contributed by atoms with E-state index in [2.05, 4.69) is 19.1 Å². The predicted molar refractivity (Wildman–Crippen MR) is 86.2 cm³/mol. The Morgan fingerprint density at radius 3 is 2.82 bits per heavy atom. The minimum atomic E-state index is -0.0147. The minimum absolute atomic E-state index is 0.0147. The summed E-state index contributed by atoms with van der Waals surface area (Å²) in [5, 5.41) is 0. The van der Waals surface area contributed by atoms with Gasteiger partial charge < -0.3 is 15.4 Å². The molecule has 2 aliphatic rings. The first-order valence-electron chi connectivity index (χ1n) is 8.37. The Morgan fingerprint density at radius 2 is 2.09 bits per heavy atom. The number of amides is 1. The highest BCUT2D eigenvalue weighted by Crippen LogP contribution is 2.34. The van der Waals surface area contributed by atoms with Crippen molar-refractivity contribution in [3.05, 3.63) is 35.9 Å². The van der Waals surface area contributed by atoms with E-state index in [-0.39, 0.29) is 24.0 Å². The summed E-state index contributed by atoms with van der Waals surface area (Å²) in [6.07, 6.45) is 3.19. The molecule has 22 heavy (non-hydrogen) atoms. The molecule has 0 bridgehead atoms. The number of carbonyl (C=O) groups is 1. The standard InChI is InChI=1S/C18H26N2O2/c1-13-12-22-17(14-6-3-2-4-7-14)11-20(13)18(21)16-9-5-8-15(16)10-19/h2-4,6-7,13,15-17H,5,8-12,19H2,1H3/t13?,15-,16-,17?/m1/s1. The summed E-state index contributed by atoms with van der Waals surface area (Å²) >= 11 is 0. The lowest BCUT2D eigenvalue weighted by molar-refractivity contribution is -0.149. The Balaban J connectivity index is 1.73. The monoisotopic (exact) mass is 302 g/mol. The molecule has 1 aromatic carbocycles. The number of rotatable bonds is 3. The van der Waals surface area contributed by atoms with Crippen LogP contribution in [-0.2, 0) is 9.53 Å². The van der Waals surface area contributed by atoms with Gasteiger partial charge in [0.25, 0.3) is 0 Å². The topological polar surface area (TPSA) is 55.6 Å². The molecule has 2 fully saturated rings. The maximum absolute atomic E-state index is 13.0. The van der Waals surface area contributed by atoms with Crippen molar-refractivity contribution in [1.29, 1.82) is 0 Å². The second-order valence-electron chi connectivity index (χ2n) is 6.61. The molecule has 2 N–H and O–H groups in total. The minimum Gasteiger partial charge on any atom is -0.370 e. The lowest BCUT2D eigenvalue weighted by Crippen LogP contribution is -2.51. The molecule has 0 radical (unpaired) electrons. The quantitative estimate of drug-likeness (QED) is 0.932. The van der Waals surface area contributed by atoms with Crippen molar-refractivity contribution < 1.29 is 9.53 Å². The van der Waals surface area contributed by atoms with Crippen LogP contribution in [-0.4, -0.2) is 36.5 Å². The van der Waals surface area contributed by atoms with Gasteiger partial charge in [0.2, 0.25) is 5.91 Å². The van der Waals surface area contributed by atoms with Crippen LogP contribution in [0.4, 0.5) is 0 Å². The number of morpholine rings is 1. The SMILES string of the molecule is CC1COC(c2ccccc2)CN1C(=O)[C@@H]1CCC[C@@H]1CN. The summed E-state index contributed by atoms with van der Waals surface area (Å²) in [5.41, 5.74) is 7.00. The van der Waals surface area contributed by atoms with Crippen LogP contribution in [0.5, 0.6) is 0 Å². The van der Waals surface area contributed by atoms with Crippen LogP contribution in [0.1, 0.15) is 37.9 Å². The van der Waals surface area contributed by atoms with Gasteiger partial charge in [-0.2, -0.15) is 0 Å². The van der Waals surface area contributed by atoms with Crippen molar-refractivity contribution in [1.82, 2.24) is 4.90 Å². The molecule has 4 heteroatoms. The molecule has 1 aliphatic heterocycles. The predicted octanol–water partition coefficient (Wildman–Crippen LogP) is 2.35. The van der Waals surface area contributed by atoms with E-state index >= 15 is 0 Å². The number of ether oxygens (including phenoxy) is 1. The fourth-order valence-electron chi connectivity index (χ4n) is 3.79. The molecule has 2 unspecified atom stereocenters. The average Bonchev–Trinajstić information content (AvgIpc) is 3.04. The molecule has 1 saturated carbocycles. The normalized spacial score (nSPS) is 32.2. The third-order valence-corrected chi connectivity index (χ3v) is 5.17. The molecular formula is C18H26N2O2. The van der Waals surface area contributed by atoms with Crippen LogP contribution in [0.25, 0.3) is 0 Å². The van der Waals surface area contributed by atoms with Gasteiger partial charge in [-0.05, 0) is 37.8 Å². The molecule has 0 spiro atoms. The maximum atomic E-state index is 13.0. The lowest BCUT2D eigenvalue weighted by Gasteiger charge is -2.40. The van der Waals surface area contributed by atoms with Gasteiger partial charge in [-0.1, -0.05) is 36.8 Å². The fraction of sp³-hybridized carbons (Fsp3) is 0.611. The van der Waals surface area contributed by atoms with E-state index in [1.54, 1.807) is 0 Å². The molecule has 1 aliphatic carbocycles. The van der Waals surface area contributed by atoms with Crippen molar-refractivity contribution in [2.45, 2.75) is 38.3 Å². The zero-order valence-electron chi connectivity index (χ0n) is 13.3. The summed E-state index contributed by atoms with van der Waals surface area (Å²) < 4.78 is 5.95. The Labute approximate surface area is 132 Å². The van der Waals surface area contributed by atoms with Gasteiger partial charge in [0, 0.05) is 5.92 Å². The van der Waals surface area contributed by atoms with Crippen LogP contribution in [0.3, 0.4) is 0 Å². The van der Waals surface area contributed by atoms with E-state index in [0.29, 0.717) is 25.6 Å². The van der Waals surface area contributed by atoms with Crippen LogP contribution < -0.4 is 5.73 Å². The van der Waals surface area contributed by atoms with E-state index < -0.39 is 0 Å². The molecule has 4 atom stereocenters. The van der Waals surface area contributed by atoms with E-state index in [1.807, 2.05) is 23.1 Å². The number of carbonyl (C=O) groups excluding carboxylic acids is 1. The van der Waals surface area contributed by atoms with Crippen molar-refractivity contribution in [3.63, 3.8) is 0 Å². The summed E-state index contributed by atoms with van der Waals surface area (Å²) in [4.78, 5) is 15.0. The number of hydrogen-bond donors (Lipinski definition) is 1. The zero-order chi connectivity index (χ0) is 15.5. The van der Waals surface area contributed by atoms with Crippen LogP contribution in [0.2, 0.25) is 0 Å². The van der Waals surface area contributed by atoms with Gasteiger partial charge in [0.1, 0.15) is 6.10 Å². The number of hydrogen-bond acceptors (Lipinski definition) is 3. The van der Waals surface area contributed by atoms with Crippen LogP contribution in [0, 0.1) is 11.8 Å². The van der Waals surface area contributed by atoms with Crippen molar-refractivity contribution >= 4 is 5.91 Å². The summed E-state index contributed by atoms with van der Waals surface area (Å²) in [7, 11) is 0. The Morgan fingerprint density at radius 1 is 1.32 bits per heavy atom. The number of nitrogens with zero attached hydrogens (tertiary/aromatic N) is 1. The third-order valence-electron chi connectivity index (χ3n) is 5.17. The highest BCUT2D eigenvalue weighted by Gasteiger charge is 2.38. The highest BCUT2D eigenvalue weighted by molar-refractivity contribution is 5.80. The van der Waals surface area contributed by atoms with Gasteiger partial charge in [0.05, 0.1) is 19.2 Å². The molecule has 120 valence electrons. The molecule has 0 aromatic heterocycles. The molecule has 3 rings (SSSR count). The molecule has 1 amide bonds. The van der Waals surface area contributed by atoms with Crippen LogP contribution in [0.15, 0.2) is 30.3 Å².